The van der Waals surface area contributed by atoms with Crippen LogP contribution < -0.4 is 9.88 Å². The number of hydrogen-bond donors (Lipinski definition) is 1. The van der Waals surface area contributed by atoms with Crippen LogP contribution in [0.15, 0.2) is 61.4 Å². The number of hydrogen-bond acceptors (Lipinski definition) is 4. The Morgan fingerprint density at radius 1 is 1.40 bits per heavy atom. The lowest BCUT2D eigenvalue weighted by atomic mass is 10.0. The quantitative estimate of drug-likeness (QED) is 0.206. The molecule has 0 fully saturated rings. The van der Waals surface area contributed by atoms with Gasteiger partial charge < -0.3 is 5.32 Å². The van der Waals surface area contributed by atoms with E-state index < -0.39 is 11.0 Å². The van der Waals surface area contributed by atoms with Gasteiger partial charge in [-0.15, -0.1) is 6.58 Å². The highest BCUT2D eigenvalue weighted by atomic mass is 32.1. The Hall–Kier alpha value is -2.93. The standard InChI is InChI=1S/C18H17N3O3S/c1-3-10-19-18(25)16(20-11-4-5-13(2)12-20)17(22)14-6-8-15(9-7-14)21(23)24/h3-9,11-12,16H,1,10H2,2H3/p+1/t16-/m0/s1. The van der Waals surface area contributed by atoms with Crippen LogP contribution in [0.2, 0.25) is 0 Å². The zero-order valence-corrected chi connectivity index (χ0v) is 14.5. The maximum atomic E-state index is 13.0. The number of nitrogens with zero attached hydrogens (tertiary/aromatic N) is 2. The highest BCUT2D eigenvalue weighted by Gasteiger charge is 2.33. The number of ketones is 1. The molecule has 1 atom stereocenters. The lowest BCUT2D eigenvalue weighted by molar-refractivity contribution is -0.692. The van der Waals surface area contributed by atoms with Crippen LogP contribution in [-0.4, -0.2) is 22.2 Å². The van der Waals surface area contributed by atoms with Crippen molar-refractivity contribution in [2.45, 2.75) is 13.0 Å². The minimum absolute atomic E-state index is 0.0660. The highest BCUT2D eigenvalue weighted by molar-refractivity contribution is 7.80. The third-order valence-corrected chi connectivity index (χ3v) is 3.92. The number of thiocarbonyl (C=S) groups is 1. The molecule has 0 radical (unpaired) electrons. The van der Waals surface area contributed by atoms with E-state index in [1.54, 1.807) is 16.8 Å². The summed E-state index contributed by atoms with van der Waals surface area (Å²) in [5.41, 5.74) is 1.27. The van der Waals surface area contributed by atoms with E-state index in [1.165, 1.54) is 24.3 Å². The minimum Gasteiger partial charge on any atom is -0.370 e. The molecule has 1 aromatic carbocycles. The van der Waals surface area contributed by atoms with E-state index in [1.807, 2.05) is 25.3 Å². The topological polar surface area (TPSA) is 76.1 Å². The summed E-state index contributed by atoms with van der Waals surface area (Å²) in [6.45, 7) is 5.99. The molecule has 128 valence electrons. The molecule has 1 N–H and O–H groups in total. The van der Waals surface area contributed by atoms with Gasteiger partial charge in [-0.05, 0) is 25.1 Å². The fraction of sp³-hybridized carbons (Fsp3) is 0.167. The normalized spacial score (nSPS) is 11.4. The van der Waals surface area contributed by atoms with Crippen molar-refractivity contribution in [3.05, 3.63) is 82.7 Å². The van der Waals surface area contributed by atoms with E-state index in [0.717, 1.165) is 5.56 Å². The summed E-state index contributed by atoms with van der Waals surface area (Å²) in [5, 5.41) is 13.8. The molecule has 2 aromatic rings. The second kappa shape index (κ2) is 8.25. The zero-order chi connectivity index (χ0) is 18.4. The zero-order valence-electron chi connectivity index (χ0n) is 13.7. The van der Waals surface area contributed by atoms with Crippen molar-refractivity contribution < 1.29 is 14.3 Å². The predicted molar refractivity (Wildman–Crippen MR) is 98.6 cm³/mol. The first-order valence-corrected chi connectivity index (χ1v) is 7.99. The average Bonchev–Trinajstić information content (AvgIpc) is 2.60. The van der Waals surface area contributed by atoms with Crippen LogP contribution in [0.4, 0.5) is 5.69 Å². The highest BCUT2D eigenvalue weighted by Crippen LogP contribution is 2.16. The van der Waals surface area contributed by atoms with Gasteiger partial charge in [0.05, 0.1) is 4.92 Å². The molecule has 0 aliphatic carbocycles. The largest absolute Gasteiger partial charge is 0.370 e. The lowest BCUT2D eigenvalue weighted by Crippen LogP contribution is -2.51. The fourth-order valence-electron chi connectivity index (χ4n) is 2.34. The number of rotatable bonds is 7. The Morgan fingerprint density at radius 2 is 2.08 bits per heavy atom. The molecule has 0 amide bonds. The van der Waals surface area contributed by atoms with Gasteiger partial charge >= 0.3 is 0 Å². The number of nitro groups is 1. The van der Waals surface area contributed by atoms with E-state index >= 15 is 0 Å². The van der Waals surface area contributed by atoms with Crippen molar-refractivity contribution in [2.24, 2.45) is 0 Å². The van der Waals surface area contributed by atoms with E-state index in [0.29, 0.717) is 17.1 Å². The number of aromatic nitrogens is 1. The van der Waals surface area contributed by atoms with Crippen LogP contribution in [0.25, 0.3) is 0 Å². The maximum absolute atomic E-state index is 13.0. The van der Waals surface area contributed by atoms with Crippen LogP contribution in [0.1, 0.15) is 22.0 Å². The molecule has 0 saturated carbocycles. The first kappa shape index (κ1) is 18.4. The molecule has 2 rings (SSSR count). The number of nitro benzene ring substituents is 1. The van der Waals surface area contributed by atoms with Gasteiger partial charge in [-0.3, -0.25) is 14.9 Å². The molecule has 0 bridgehead atoms. The number of nitrogens with one attached hydrogen (secondary N) is 1. The van der Waals surface area contributed by atoms with Gasteiger partial charge in [0.1, 0.15) is 0 Å². The molecule has 0 spiro atoms. The van der Waals surface area contributed by atoms with E-state index in [-0.39, 0.29) is 11.5 Å². The van der Waals surface area contributed by atoms with E-state index in [2.05, 4.69) is 11.9 Å². The van der Waals surface area contributed by atoms with Gasteiger partial charge in [0.15, 0.2) is 17.4 Å². The predicted octanol–water partition coefficient (Wildman–Crippen LogP) is 2.72. The molecule has 6 nitrogen and oxygen atoms in total. The summed E-state index contributed by atoms with van der Waals surface area (Å²) in [6, 6.07) is 8.53. The smallest absolute Gasteiger partial charge is 0.270 e. The van der Waals surface area contributed by atoms with E-state index in [4.69, 9.17) is 12.2 Å². The Labute approximate surface area is 151 Å². The number of benzene rings is 1. The van der Waals surface area contributed by atoms with Crippen LogP contribution in [-0.2, 0) is 0 Å². The Morgan fingerprint density at radius 3 is 2.64 bits per heavy atom. The third-order valence-electron chi connectivity index (χ3n) is 3.55. The summed E-state index contributed by atoms with van der Waals surface area (Å²) < 4.78 is 1.73. The Balaban J connectivity index is 2.39. The van der Waals surface area contributed by atoms with E-state index in [9.17, 15) is 14.9 Å². The second-order valence-electron chi connectivity index (χ2n) is 5.43. The number of carbonyl (C=O) groups excluding carboxylic acids is 1. The molecule has 25 heavy (non-hydrogen) atoms. The number of carbonyl (C=O) groups is 1. The molecule has 1 aromatic heterocycles. The molecule has 0 aliphatic heterocycles. The summed E-state index contributed by atoms with van der Waals surface area (Å²) in [7, 11) is 0. The summed E-state index contributed by atoms with van der Waals surface area (Å²) in [4.78, 5) is 23.6. The van der Waals surface area contributed by atoms with Crippen LogP contribution in [0, 0.1) is 17.0 Å². The van der Waals surface area contributed by atoms with Crippen molar-refractivity contribution in [2.75, 3.05) is 6.54 Å². The molecule has 0 unspecified atom stereocenters. The van der Waals surface area contributed by atoms with Crippen molar-refractivity contribution in [1.29, 1.82) is 0 Å². The summed E-state index contributed by atoms with van der Waals surface area (Å²) >= 11 is 5.40. The lowest BCUT2D eigenvalue weighted by Gasteiger charge is -2.14. The number of non-ortho nitro benzene ring substituents is 1. The SMILES string of the molecule is C=CCNC(=S)[C@H](C(=O)c1ccc([N+](=O)[O-])cc1)[n+]1cccc(C)c1. The van der Waals surface area contributed by atoms with Crippen molar-refractivity contribution >= 4 is 28.7 Å². The number of pyridine rings is 1. The Kier molecular flexibility index (Phi) is 6.08. The molecular formula is C18H18N3O3S+. The number of aryl methyl sites for hydroxylation is 1. The van der Waals surface area contributed by atoms with Gasteiger partial charge in [0.2, 0.25) is 5.78 Å². The van der Waals surface area contributed by atoms with Gasteiger partial charge in [-0.2, -0.15) is 4.57 Å². The number of Topliss-reactive ketones (excluding diaryl/α,β-unsaturated/α-hetero) is 1. The maximum Gasteiger partial charge on any atom is 0.270 e. The molecular weight excluding hydrogens is 338 g/mol. The monoisotopic (exact) mass is 356 g/mol. The van der Waals surface area contributed by atoms with Crippen molar-refractivity contribution in [3.63, 3.8) is 0 Å². The van der Waals surface area contributed by atoms with Gasteiger partial charge in [0, 0.05) is 35.9 Å². The minimum atomic E-state index is -0.740. The first-order chi connectivity index (χ1) is 11.9. The third kappa shape index (κ3) is 4.54. The molecule has 7 heteroatoms. The van der Waals surface area contributed by atoms with Gasteiger partial charge in [0.25, 0.3) is 11.7 Å². The molecule has 0 saturated heterocycles. The average molecular weight is 356 g/mol. The van der Waals surface area contributed by atoms with Crippen LogP contribution in [0.3, 0.4) is 0 Å². The summed E-state index contributed by atoms with van der Waals surface area (Å²) in [6.07, 6.45) is 5.25. The van der Waals surface area contributed by atoms with Gasteiger partial charge in [-0.25, -0.2) is 0 Å². The van der Waals surface area contributed by atoms with Crippen LogP contribution >= 0.6 is 12.2 Å². The Bertz CT molecular complexity index is 819. The fourth-order valence-corrected chi connectivity index (χ4v) is 2.65. The van der Waals surface area contributed by atoms with Crippen LogP contribution in [0.5, 0.6) is 0 Å². The molecule has 1 heterocycles. The van der Waals surface area contributed by atoms with Crippen molar-refractivity contribution in [3.8, 4) is 0 Å². The van der Waals surface area contributed by atoms with Crippen molar-refractivity contribution in [1.82, 2.24) is 5.32 Å². The van der Waals surface area contributed by atoms with Gasteiger partial charge in [-0.1, -0.05) is 18.3 Å². The first-order valence-electron chi connectivity index (χ1n) is 7.58. The summed E-state index contributed by atoms with van der Waals surface area (Å²) in [5.74, 6) is -0.243. The second-order valence-corrected chi connectivity index (χ2v) is 5.87. The molecule has 0 aliphatic rings.